The van der Waals surface area contributed by atoms with Crippen LogP contribution in [-0.2, 0) is 0 Å². The third-order valence-electron chi connectivity index (χ3n) is 5.96. The Balaban J connectivity index is 1.42. The molecule has 0 aliphatic rings. The van der Waals surface area contributed by atoms with Crippen molar-refractivity contribution in [3.8, 4) is 33.6 Å². The van der Waals surface area contributed by atoms with E-state index in [2.05, 4.69) is 103 Å². The Hall–Kier alpha value is -4.30. The molecule has 0 unspecified atom stereocenters. The monoisotopic (exact) mass is 408 g/mol. The van der Waals surface area contributed by atoms with Crippen LogP contribution in [0, 0.1) is 0 Å². The van der Waals surface area contributed by atoms with Gasteiger partial charge in [-0.2, -0.15) is 0 Å². The fourth-order valence-corrected chi connectivity index (χ4v) is 4.37. The number of rotatable bonds is 3. The molecule has 0 spiro atoms. The highest BCUT2D eigenvalue weighted by molar-refractivity contribution is 6.12. The van der Waals surface area contributed by atoms with Gasteiger partial charge in [0.2, 0.25) is 0 Å². The molecule has 0 saturated carbocycles. The lowest BCUT2D eigenvalue weighted by atomic mass is 9.93. The van der Waals surface area contributed by atoms with Gasteiger partial charge >= 0.3 is 0 Å². The first-order valence-corrected chi connectivity index (χ1v) is 10.8. The van der Waals surface area contributed by atoms with Gasteiger partial charge in [0.25, 0.3) is 0 Å². The molecular weight excluding hydrogens is 388 g/mol. The fourth-order valence-electron chi connectivity index (χ4n) is 4.37. The number of hydrogen-bond donors (Lipinski definition) is 0. The topological polar surface area (TPSA) is 25.8 Å². The van der Waals surface area contributed by atoms with Gasteiger partial charge < -0.3 is 0 Å². The van der Waals surface area contributed by atoms with E-state index < -0.39 is 0 Å². The van der Waals surface area contributed by atoms with Gasteiger partial charge in [-0.15, -0.1) is 0 Å². The summed E-state index contributed by atoms with van der Waals surface area (Å²) in [7, 11) is 0. The Morgan fingerprint density at radius 1 is 0.406 bits per heavy atom. The molecule has 2 heteroatoms. The minimum absolute atomic E-state index is 0.734. The number of aromatic nitrogens is 2. The SMILES string of the molecule is c1ccc(-c2ccc(-c3ncc(-c4c5ccccc5cc5ccccc45)cn3)cc2)cc1. The van der Waals surface area contributed by atoms with Gasteiger partial charge in [0.05, 0.1) is 0 Å². The van der Waals surface area contributed by atoms with E-state index in [1.807, 2.05) is 18.5 Å². The molecule has 1 aromatic heterocycles. The fraction of sp³-hybridized carbons (Fsp3) is 0. The first-order valence-electron chi connectivity index (χ1n) is 10.8. The molecule has 0 radical (unpaired) electrons. The summed E-state index contributed by atoms with van der Waals surface area (Å²) in [6, 6.07) is 38.1. The predicted octanol–water partition coefficient (Wildman–Crippen LogP) is 7.78. The Kier molecular flexibility index (Phi) is 4.47. The average Bonchev–Trinajstić information content (AvgIpc) is 2.88. The Morgan fingerprint density at radius 2 is 0.906 bits per heavy atom. The van der Waals surface area contributed by atoms with E-state index >= 15 is 0 Å². The molecule has 6 rings (SSSR count). The van der Waals surface area contributed by atoms with Crippen LogP contribution in [-0.4, -0.2) is 9.97 Å². The first kappa shape index (κ1) is 18.5. The molecular formula is C30H20N2. The molecule has 0 aliphatic carbocycles. The molecule has 0 fully saturated rings. The Labute approximate surface area is 186 Å². The highest BCUT2D eigenvalue weighted by atomic mass is 14.9. The molecule has 0 atom stereocenters. The molecule has 5 aromatic carbocycles. The number of hydrogen-bond acceptors (Lipinski definition) is 2. The number of nitrogens with zero attached hydrogens (tertiary/aromatic N) is 2. The van der Waals surface area contributed by atoms with Gasteiger partial charge in [0, 0.05) is 29.1 Å². The third-order valence-corrected chi connectivity index (χ3v) is 5.96. The van der Waals surface area contributed by atoms with Crippen LogP contribution in [0.4, 0.5) is 0 Å². The lowest BCUT2D eigenvalue weighted by Gasteiger charge is -2.12. The van der Waals surface area contributed by atoms with Crippen molar-refractivity contribution in [3.63, 3.8) is 0 Å². The van der Waals surface area contributed by atoms with Gasteiger partial charge in [-0.25, -0.2) is 9.97 Å². The van der Waals surface area contributed by atoms with Crippen LogP contribution in [0.3, 0.4) is 0 Å². The molecule has 1 heterocycles. The summed E-state index contributed by atoms with van der Waals surface area (Å²) >= 11 is 0. The van der Waals surface area contributed by atoms with E-state index in [0.29, 0.717) is 0 Å². The molecule has 0 amide bonds. The van der Waals surface area contributed by atoms with E-state index in [4.69, 9.17) is 9.97 Å². The normalized spacial score (nSPS) is 11.1. The molecule has 150 valence electrons. The second-order valence-corrected chi connectivity index (χ2v) is 7.93. The van der Waals surface area contributed by atoms with Gasteiger partial charge in [0.15, 0.2) is 5.82 Å². The summed E-state index contributed by atoms with van der Waals surface area (Å²) in [5.41, 5.74) is 5.62. The van der Waals surface area contributed by atoms with Crippen molar-refractivity contribution in [2.75, 3.05) is 0 Å². The Bertz CT molecular complexity index is 1480. The van der Waals surface area contributed by atoms with Gasteiger partial charge in [0.1, 0.15) is 0 Å². The van der Waals surface area contributed by atoms with E-state index in [1.54, 1.807) is 0 Å². The molecule has 0 saturated heterocycles. The summed E-state index contributed by atoms with van der Waals surface area (Å²) in [4.78, 5) is 9.46. The summed E-state index contributed by atoms with van der Waals surface area (Å²) < 4.78 is 0. The Morgan fingerprint density at radius 3 is 1.53 bits per heavy atom. The molecule has 6 aromatic rings. The summed E-state index contributed by atoms with van der Waals surface area (Å²) in [6.45, 7) is 0. The maximum Gasteiger partial charge on any atom is 0.159 e. The third kappa shape index (κ3) is 3.23. The first-order chi connectivity index (χ1) is 15.9. The summed E-state index contributed by atoms with van der Waals surface area (Å²) in [6.07, 6.45) is 3.89. The molecule has 0 N–H and O–H groups in total. The maximum absolute atomic E-state index is 4.73. The molecule has 32 heavy (non-hydrogen) atoms. The van der Waals surface area contributed by atoms with Crippen LogP contribution in [0.1, 0.15) is 0 Å². The second kappa shape index (κ2) is 7.75. The largest absolute Gasteiger partial charge is 0.236 e. The van der Waals surface area contributed by atoms with Gasteiger partial charge in [-0.05, 0) is 38.7 Å². The summed E-state index contributed by atoms with van der Waals surface area (Å²) in [5.74, 6) is 0.734. The van der Waals surface area contributed by atoms with Crippen molar-refractivity contribution >= 4 is 21.5 Å². The van der Waals surface area contributed by atoms with E-state index in [0.717, 1.165) is 17.0 Å². The van der Waals surface area contributed by atoms with Crippen molar-refractivity contribution < 1.29 is 0 Å². The van der Waals surface area contributed by atoms with Crippen LogP contribution in [0.15, 0.2) is 122 Å². The van der Waals surface area contributed by atoms with Crippen LogP contribution in [0.5, 0.6) is 0 Å². The lowest BCUT2D eigenvalue weighted by Crippen LogP contribution is -1.92. The van der Waals surface area contributed by atoms with Crippen LogP contribution in [0.2, 0.25) is 0 Å². The maximum atomic E-state index is 4.73. The van der Waals surface area contributed by atoms with E-state index in [-0.39, 0.29) is 0 Å². The smallest absolute Gasteiger partial charge is 0.159 e. The zero-order valence-corrected chi connectivity index (χ0v) is 17.4. The van der Waals surface area contributed by atoms with E-state index in [9.17, 15) is 0 Å². The highest BCUT2D eigenvalue weighted by Gasteiger charge is 2.11. The van der Waals surface area contributed by atoms with Crippen molar-refractivity contribution in [2.24, 2.45) is 0 Å². The van der Waals surface area contributed by atoms with Crippen LogP contribution < -0.4 is 0 Å². The molecule has 2 nitrogen and oxygen atoms in total. The van der Waals surface area contributed by atoms with Gasteiger partial charge in [-0.3, -0.25) is 0 Å². The predicted molar refractivity (Wildman–Crippen MR) is 133 cm³/mol. The van der Waals surface area contributed by atoms with Crippen molar-refractivity contribution in [3.05, 3.63) is 122 Å². The standard InChI is InChI=1S/C30H20N2/c1-2-8-21(9-3-1)22-14-16-23(17-15-22)30-31-19-26(20-32-30)29-27-12-6-4-10-24(27)18-25-11-5-7-13-28(25)29/h1-20H. The number of benzene rings is 5. The average molecular weight is 409 g/mol. The van der Waals surface area contributed by atoms with Crippen LogP contribution >= 0.6 is 0 Å². The zero-order chi connectivity index (χ0) is 21.3. The lowest BCUT2D eigenvalue weighted by molar-refractivity contribution is 1.18. The summed E-state index contributed by atoms with van der Waals surface area (Å²) in [5, 5.41) is 4.88. The molecule has 0 bridgehead atoms. The minimum atomic E-state index is 0.734. The van der Waals surface area contributed by atoms with Crippen molar-refractivity contribution in [1.82, 2.24) is 9.97 Å². The van der Waals surface area contributed by atoms with Gasteiger partial charge in [-0.1, -0.05) is 103 Å². The van der Waals surface area contributed by atoms with Crippen molar-refractivity contribution in [2.45, 2.75) is 0 Å². The highest BCUT2D eigenvalue weighted by Crippen LogP contribution is 2.36. The zero-order valence-electron chi connectivity index (χ0n) is 17.4. The second-order valence-electron chi connectivity index (χ2n) is 7.93. The molecule has 0 aliphatic heterocycles. The van der Waals surface area contributed by atoms with Crippen LogP contribution in [0.25, 0.3) is 55.2 Å². The quantitative estimate of drug-likeness (QED) is 0.279. The van der Waals surface area contributed by atoms with E-state index in [1.165, 1.54) is 38.2 Å². The number of fused-ring (bicyclic) bond motifs is 2. The minimum Gasteiger partial charge on any atom is -0.236 e. The van der Waals surface area contributed by atoms with Crippen molar-refractivity contribution in [1.29, 1.82) is 0 Å².